The molecule has 0 N–H and O–H groups in total. The van der Waals surface area contributed by atoms with Gasteiger partial charge in [0.1, 0.15) is 0 Å². The lowest BCUT2D eigenvalue weighted by atomic mass is 10.1. The van der Waals surface area contributed by atoms with E-state index in [9.17, 15) is 4.79 Å². The number of hydrogen-bond donors (Lipinski definition) is 0. The number of ketones is 1. The summed E-state index contributed by atoms with van der Waals surface area (Å²) < 4.78 is 1.86. The molecular formula is C22H17N3OS. The van der Waals surface area contributed by atoms with Crippen molar-refractivity contribution in [3.8, 4) is 27.6 Å². The largest absolute Gasteiger partial charge is 0.288 e. The van der Waals surface area contributed by atoms with Gasteiger partial charge in [-0.15, -0.1) is 11.3 Å². The van der Waals surface area contributed by atoms with E-state index < -0.39 is 0 Å². The highest BCUT2D eigenvalue weighted by Crippen LogP contribution is 2.40. The van der Waals surface area contributed by atoms with Gasteiger partial charge in [-0.1, -0.05) is 67.9 Å². The maximum atomic E-state index is 13.0. The molecule has 132 valence electrons. The van der Waals surface area contributed by atoms with Crippen LogP contribution in [0, 0.1) is 0 Å². The van der Waals surface area contributed by atoms with Crippen molar-refractivity contribution in [2.24, 2.45) is 0 Å². The van der Waals surface area contributed by atoms with Crippen molar-refractivity contribution < 1.29 is 4.79 Å². The van der Waals surface area contributed by atoms with Gasteiger partial charge in [0.05, 0.1) is 22.6 Å². The topological polar surface area (TPSA) is 47.8 Å². The van der Waals surface area contributed by atoms with Crippen LogP contribution in [0.4, 0.5) is 0 Å². The fourth-order valence-electron chi connectivity index (χ4n) is 3.63. The molecule has 27 heavy (non-hydrogen) atoms. The molecule has 5 heteroatoms. The summed E-state index contributed by atoms with van der Waals surface area (Å²) >= 11 is 1.55. The van der Waals surface area contributed by atoms with E-state index in [4.69, 9.17) is 10.1 Å². The number of aryl methyl sites for hydroxylation is 1. The van der Waals surface area contributed by atoms with Gasteiger partial charge >= 0.3 is 0 Å². The smallest absolute Gasteiger partial charge is 0.211 e. The molecule has 0 bridgehead atoms. The monoisotopic (exact) mass is 371 g/mol. The zero-order chi connectivity index (χ0) is 18.4. The van der Waals surface area contributed by atoms with Crippen LogP contribution in [0.1, 0.15) is 35.0 Å². The summed E-state index contributed by atoms with van der Waals surface area (Å²) in [5, 5.41) is 7.62. The number of nitrogens with zero attached hydrogens (tertiary/aromatic N) is 3. The Labute approximate surface area is 161 Å². The molecule has 5 rings (SSSR count). The Bertz CT molecular complexity index is 1160. The molecule has 2 aromatic heterocycles. The SMILES string of the molecule is CCCc1nn(-c2nc(-c3ccccc3)cs2)c2c1C(=O)c1ccccc1-2. The van der Waals surface area contributed by atoms with Gasteiger partial charge in [0.2, 0.25) is 5.13 Å². The fourth-order valence-corrected chi connectivity index (χ4v) is 4.42. The highest BCUT2D eigenvalue weighted by Gasteiger charge is 2.34. The molecule has 0 fully saturated rings. The molecule has 1 aliphatic rings. The Morgan fingerprint density at radius 1 is 1.00 bits per heavy atom. The highest BCUT2D eigenvalue weighted by atomic mass is 32.1. The maximum Gasteiger partial charge on any atom is 0.211 e. The van der Waals surface area contributed by atoms with Crippen molar-refractivity contribution in [2.45, 2.75) is 19.8 Å². The van der Waals surface area contributed by atoms with Crippen molar-refractivity contribution in [3.05, 3.63) is 76.8 Å². The molecule has 0 saturated carbocycles. The number of carbonyl (C=O) groups excluding carboxylic acids is 1. The maximum absolute atomic E-state index is 13.0. The summed E-state index contributed by atoms with van der Waals surface area (Å²) in [6.07, 6.45) is 1.73. The van der Waals surface area contributed by atoms with Crippen molar-refractivity contribution >= 4 is 17.1 Å². The number of thiazole rings is 1. The highest BCUT2D eigenvalue weighted by molar-refractivity contribution is 7.12. The molecule has 0 unspecified atom stereocenters. The normalized spacial score (nSPS) is 12.3. The van der Waals surface area contributed by atoms with E-state index >= 15 is 0 Å². The Balaban J connectivity index is 1.69. The van der Waals surface area contributed by atoms with Crippen LogP contribution in [0.15, 0.2) is 60.0 Å². The Morgan fingerprint density at radius 3 is 2.52 bits per heavy atom. The lowest BCUT2D eigenvalue weighted by molar-refractivity contribution is 0.104. The molecule has 4 aromatic rings. The molecule has 0 saturated heterocycles. The van der Waals surface area contributed by atoms with Crippen LogP contribution >= 0.6 is 11.3 Å². The van der Waals surface area contributed by atoms with Crippen LogP contribution < -0.4 is 0 Å². The molecule has 0 atom stereocenters. The van der Waals surface area contributed by atoms with E-state index in [0.29, 0.717) is 0 Å². The number of aromatic nitrogens is 3. The molecule has 4 nitrogen and oxygen atoms in total. The minimum atomic E-state index is 0.0788. The van der Waals surface area contributed by atoms with Crippen molar-refractivity contribution in [1.82, 2.24) is 14.8 Å². The quantitative estimate of drug-likeness (QED) is 0.438. The first kappa shape index (κ1) is 16.1. The van der Waals surface area contributed by atoms with Gasteiger partial charge in [-0.05, 0) is 6.42 Å². The predicted octanol–water partition coefficient (Wildman–Crippen LogP) is 5.16. The van der Waals surface area contributed by atoms with E-state index in [1.807, 2.05) is 64.7 Å². The molecule has 1 aliphatic carbocycles. The first-order chi connectivity index (χ1) is 13.3. The number of carbonyl (C=O) groups is 1. The van der Waals surface area contributed by atoms with Crippen LogP contribution in [0.25, 0.3) is 27.6 Å². The van der Waals surface area contributed by atoms with Gasteiger partial charge in [-0.2, -0.15) is 5.10 Å². The van der Waals surface area contributed by atoms with E-state index in [-0.39, 0.29) is 5.78 Å². The second-order valence-electron chi connectivity index (χ2n) is 6.59. The van der Waals surface area contributed by atoms with E-state index in [1.54, 1.807) is 11.3 Å². The van der Waals surface area contributed by atoms with Crippen LogP contribution in [-0.2, 0) is 6.42 Å². The first-order valence-corrected chi connectivity index (χ1v) is 9.93. The van der Waals surface area contributed by atoms with Gasteiger partial charge in [0.15, 0.2) is 5.78 Å². The third-order valence-corrected chi connectivity index (χ3v) is 5.66. The number of benzene rings is 2. The second kappa shape index (κ2) is 6.28. The zero-order valence-electron chi connectivity index (χ0n) is 14.8. The van der Waals surface area contributed by atoms with Crippen LogP contribution in [0.2, 0.25) is 0 Å². The molecule has 0 amide bonds. The van der Waals surface area contributed by atoms with Gasteiger partial charge in [-0.25, -0.2) is 9.67 Å². The zero-order valence-corrected chi connectivity index (χ0v) is 15.7. The minimum absolute atomic E-state index is 0.0788. The van der Waals surface area contributed by atoms with Gasteiger partial charge in [0, 0.05) is 22.1 Å². The Hall–Kier alpha value is -3.05. The molecule has 2 heterocycles. The van der Waals surface area contributed by atoms with E-state index in [0.717, 1.165) is 57.3 Å². The van der Waals surface area contributed by atoms with Crippen LogP contribution in [-0.4, -0.2) is 20.5 Å². The summed E-state index contributed by atoms with van der Waals surface area (Å²) in [5.74, 6) is 0.0788. The second-order valence-corrected chi connectivity index (χ2v) is 7.42. The van der Waals surface area contributed by atoms with Gasteiger partial charge in [0.25, 0.3) is 0 Å². The molecular weight excluding hydrogens is 354 g/mol. The number of rotatable bonds is 4. The third kappa shape index (κ3) is 2.46. The lowest BCUT2D eigenvalue weighted by Gasteiger charge is -2.03. The van der Waals surface area contributed by atoms with Crippen LogP contribution in [0.3, 0.4) is 0 Å². The molecule has 0 aliphatic heterocycles. The summed E-state index contributed by atoms with van der Waals surface area (Å²) in [6, 6.07) is 17.9. The predicted molar refractivity (Wildman–Crippen MR) is 108 cm³/mol. The van der Waals surface area contributed by atoms with Crippen molar-refractivity contribution in [1.29, 1.82) is 0 Å². The fraction of sp³-hybridized carbons (Fsp3) is 0.136. The minimum Gasteiger partial charge on any atom is -0.288 e. The Kier molecular flexibility index (Phi) is 3.76. The summed E-state index contributed by atoms with van der Waals surface area (Å²) in [4.78, 5) is 17.8. The molecule has 2 aromatic carbocycles. The first-order valence-electron chi connectivity index (χ1n) is 9.05. The summed E-state index contributed by atoms with van der Waals surface area (Å²) in [6.45, 7) is 2.11. The summed E-state index contributed by atoms with van der Waals surface area (Å²) in [5.41, 5.74) is 6.20. The van der Waals surface area contributed by atoms with E-state index in [1.165, 1.54) is 0 Å². The van der Waals surface area contributed by atoms with E-state index in [2.05, 4.69) is 6.92 Å². The molecule has 0 spiro atoms. The van der Waals surface area contributed by atoms with Gasteiger partial charge < -0.3 is 0 Å². The third-order valence-electron chi connectivity index (χ3n) is 4.84. The average Bonchev–Trinajstić information content (AvgIpc) is 3.40. The Morgan fingerprint density at radius 2 is 1.74 bits per heavy atom. The van der Waals surface area contributed by atoms with Crippen molar-refractivity contribution in [3.63, 3.8) is 0 Å². The summed E-state index contributed by atoms with van der Waals surface area (Å²) in [7, 11) is 0. The standard InChI is InChI=1S/C22H17N3OS/c1-2-8-17-19-20(15-11-6-7-12-16(15)21(19)26)25(24-17)22-23-18(13-27-22)14-9-4-3-5-10-14/h3-7,9-13H,2,8H2,1H3. The number of fused-ring (bicyclic) bond motifs is 3. The lowest BCUT2D eigenvalue weighted by Crippen LogP contribution is -2.02. The van der Waals surface area contributed by atoms with Gasteiger partial charge in [-0.3, -0.25) is 4.79 Å². The van der Waals surface area contributed by atoms with Crippen molar-refractivity contribution in [2.75, 3.05) is 0 Å². The number of hydrogen-bond acceptors (Lipinski definition) is 4. The average molecular weight is 371 g/mol. The molecule has 0 radical (unpaired) electrons. The van der Waals surface area contributed by atoms with Crippen LogP contribution in [0.5, 0.6) is 0 Å².